The van der Waals surface area contributed by atoms with Gasteiger partial charge in [-0.2, -0.15) is 0 Å². The van der Waals surface area contributed by atoms with Crippen molar-refractivity contribution in [2.24, 2.45) is 5.16 Å². The molecule has 5 nitrogen and oxygen atoms in total. The molecule has 1 aliphatic heterocycles. The number of rotatable bonds is 10. The first-order chi connectivity index (χ1) is 16.1. The third-order valence-electron chi connectivity index (χ3n) is 5.65. The van der Waals surface area contributed by atoms with Gasteiger partial charge in [0, 0.05) is 31.6 Å². The highest BCUT2D eigenvalue weighted by atomic mass is 19.1. The SMILES string of the molecule is Cc1ccccc1OC[C@H](O)CN(Cc1ccccc1F)C[C@@H]1CC(c2ccccc2)=NO1. The van der Waals surface area contributed by atoms with Crippen LogP contribution in [-0.4, -0.2) is 47.6 Å². The number of aryl methyl sites for hydroxylation is 1. The van der Waals surface area contributed by atoms with Gasteiger partial charge in [-0.15, -0.1) is 0 Å². The number of benzene rings is 3. The van der Waals surface area contributed by atoms with Crippen molar-refractivity contribution < 1.29 is 19.1 Å². The van der Waals surface area contributed by atoms with Gasteiger partial charge in [-0.1, -0.05) is 71.9 Å². The number of aliphatic hydroxyl groups excluding tert-OH is 1. The molecular formula is C27H29FN2O3. The lowest BCUT2D eigenvalue weighted by Gasteiger charge is -2.27. The van der Waals surface area contributed by atoms with Crippen molar-refractivity contribution in [3.05, 3.63) is 101 Å². The van der Waals surface area contributed by atoms with E-state index >= 15 is 0 Å². The Morgan fingerprint density at radius 2 is 1.79 bits per heavy atom. The summed E-state index contributed by atoms with van der Waals surface area (Å²) in [6.07, 6.45) is -0.253. The maximum absolute atomic E-state index is 14.3. The van der Waals surface area contributed by atoms with Gasteiger partial charge in [0.1, 0.15) is 30.4 Å². The van der Waals surface area contributed by atoms with Gasteiger partial charge in [-0.05, 0) is 30.2 Å². The zero-order chi connectivity index (χ0) is 23.0. The average molecular weight is 449 g/mol. The third kappa shape index (κ3) is 6.40. The average Bonchev–Trinajstić information content (AvgIpc) is 3.29. The molecular weight excluding hydrogens is 419 g/mol. The van der Waals surface area contributed by atoms with Gasteiger partial charge >= 0.3 is 0 Å². The van der Waals surface area contributed by atoms with Gasteiger partial charge < -0.3 is 14.7 Å². The van der Waals surface area contributed by atoms with Gasteiger partial charge in [-0.25, -0.2) is 4.39 Å². The van der Waals surface area contributed by atoms with E-state index in [4.69, 9.17) is 9.57 Å². The van der Waals surface area contributed by atoms with Crippen LogP contribution in [0.4, 0.5) is 4.39 Å². The van der Waals surface area contributed by atoms with Crippen molar-refractivity contribution in [3.63, 3.8) is 0 Å². The predicted molar refractivity (Wildman–Crippen MR) is 127 cm³/mol. The number of nitrogens with zero attached hydrogens (tertiary/aromatic N) is 2. The Morgan fingerprint density at radius 3 is 2.58 bits per heavy atom. The van der Waals surface area contributed by atoms with E-state index in [1.165, 1.54) is 6.07 Å². The molecule has 1 heterocycles. The topological polar surface area (TPSA) is 54.3 Å². The molecule has 6 heteroatoms. The van der Waals surface area contributed by atoms with Gasteiger partial charge in [0.05, 0.1) is 5.71 Å². The molecule has 3 aromatic rings. The van der Waals surface area contributed by atoms with Crippen molar-refractivity contribution in [2.45, 2.75) is 32.1 Å². The summed E-state index contributed by atoms with van der Waals surface area (Å²) in [5, 5.41) is 15.0. The first-order valence-electron chi connectivity index (χ1n) is 11.2. The van der Waals surface area contributed by atoms with E-state index in [2.05, 4.69) is 5.16 Å². The molecule has 0 bridgehead atoms. The smallest absolute Gasteiger partial charge is 0.145 e. The lowest BCUT2D eigenvalue weighted by atomic mass is 10.0. The van der Waals surface area contributed by atoms with E-state index < -0.39 is 6.10 Å². The molecule has 0 radical (unpaired) electrons. The van der Waals surface area contributed by atoms with Crippen LogP contribution in [0.1, 0.15) is 23.1 Å². The summed E-state index contributed by atoms with van der Waals surface area (Å²) >= 11 is 0. The minimum Gasteiger partial charge on any atom is -0.491 e. The van der Waals surface area contributed by atoms with Crippen LogP contribution in [0.3, 0.4) is 0 Å². The molecule has 0 spiro atoms. The van der Waals surface area contributed by atoms with Gasteiger partial charge in [0.25, 0.3) is 0 Å². The minimum atomic E-state index is -0.743. The van der Waals surface area contributed by atoms with Crippen molar-refractivity contribution in [2.75, 3.05) is 19.7 Å². The van der Waals surface area contributed by atoms with E-state index in [1.807, 2.05) is 72.5 Å². The maximum atomic E-state index is 14.3. The second-order valence-electron chi connectivity index (χ2n) is 8.35. The summed E-state index contributed by atoms with van der Waals surface area (Å²) in [4.78, 5) is 7.68. The van der Waals surface area contributed by atoms with Gasteiger partial charge in [0.15, 0.2) is 0 Å². The Bertz CT molecular complexity index is 1070. The lowest BCUT2D eigenvalue weighted by molar-refractivity contribution is 0.0209. The molecule has 0 saturated heterocycles. The number of halogens is 1. The normalized spacial score (nSPS) is 16.4. The molecule has 0 saturated carbocycles. The van der Waals surface area contributed by atoms with Crippen LogP contribution in [0.25, 0.3) is 0 Å². The highest BCUT2D eigenvalue weighted by molar-refractivity contribution is 6.01. The number of aliphatic hydroxyl groups is 1. The molecule has 172 valence electrons. The zero-order valence-corrected chi connectivity index (χ0v) is 18.7. The Kier molecular flexibility index (Phi) is 7.70. The molecule has 1 aliphatic rings. The summed E-state index contributed by atoms with van der Waals surface area (Å²) < 4.78 is 20.1. The highest BCUT2D eigenvalue weighted by Crippen LogP contribution is 2.20. The summed E-state index contributed by atoms with van der Waals surface area (Å²) in [5.74, 6) is 0.485. The molecule has 0 aliphatic carbocycles. The van der Waals surface area contributed by atoms with Crippen LogP contribution in [-0.2, 0) is 11.4 Å². The van der Waals surface area contributed by atoms with Crippen LogP contribution in [0.2, 0.25) is 0 Å². The monoisotopic (exact) mass is 448 g/mol. The second kappa shape index (κ2) is 11.1. The van der Waals surface area contributed by atoms with Crippen LogP contribution in [0.5, 0.6) is 5.75 Å². The predicted octanol–water partition coefficient (Wildman–Crippen LogP) is 4.57. The summed E-state index contributed by atoms with van der Waals surface area (Å²) in [6.45, 7) is 3.30. The van der Waals surface area contributed by atoms with Gasteiger partial charge in [-0.3, -0.25) is 4.90 Å². The highest BCUT2D eigenvalue weighted by Gasteiger charge is 2.26. The Balaban J connectivity index is 1.39. The number of ether oxygens (including phenoxy) is 1. The summed E-state index contributed by atoms with van der Waals surface area (Å²) in [7, 11) is 0. The molecule has 0 unspecified atom stereocenters. The molecule has 4 rings (SSSR count). The molecule has 0 aromatic heterocycles. The molecule has 1 N–H and O–H groups in total. The molecule has 0 fully saturated rings. The van der Waals surface area contributed by atoms with Crippen molar-refractivity contribution in [1.82, 2.24) is 4.90 Å². The number of hydrogen-bond acceptors (Lipinski definition) is 5. The fraction of sp³-hybridized carbons (Fsp3) is 0.296. The Labute approximate surface area is 194 Å². The van der Waals surface area contributed by atoms with E-state index in [0.29, 0.717) is 31.6 Å². The number of para-hydroxylation sites is 1. The molecule has 3 aromatic carbocycles. The Morgan fingerprint density at radius 1 is 1.06 bits per heavy atom. The second-order valence-corrected chi connectivity index (χ2v) is 8.35. The van der Waals surface area contributed by atoms with Crippen LogP contribution < -0.4 is 4.74 Å². The minimum absolute atomic E-state index is 0.149. The van der Waals surface area contributed by atoms with Crippen LogP contribution in [0, 0.1) is 12.7 Å². The van der Waals surface area contributed by atoms with Gasteiger partial charge in [0.2, 0.25) is 0 Å². The van der Waals surface area contributed by atoms with E-state index in [0.717, 1.165) is 22.6 Å². The van der Waals surface area contributed by atoms with Crippen LogP contribution >= 0.6 is 0 Å². The quantitative estimate of drug-likeness (QED) is 0.494. The molecule has 0 amide bonds. The van der Waals surface area contributed by atoms with E-state index in [9.17, 15) is 9.50 Å². The van der Waals surface area contributed by atoms with Crippen molar-refractivity contribution in [1.29, 1.82) is 0 Å². The third-order valence-corrected chi connectivity index (χ3v) is 5.65. The molecule has 2 atom stereocenters. The van der Waals surface area contributed by atoms with Crippen molar-refractivity contribution >= 4 is 5.71 Å². The summed E-state index contributed by atoms with van der Waals surface area (Å²) in [5.41, 5.74) is 3.52. The Hall–Kier alpha value is -3.22. The fourth-order valence-corrected chi connectivity index (χ4v) is 3.94. The molecule has 33 heavy (non-hydrogen) atoms. The number of hydrogen-bond donors (Lipinski definition) is 1. The first-order valence-corrected chi connectivity index (χ1v) is 11.2. The van der Waals surface area contributed by atoms with E-state index in [1.54, 1.807) is 12.1 Å². The zero-order valence-electron chi connectivity index (χ0n) is 18.7. The van der Waals surface area contributed by atoms with Crippen molar-refractivity contribution in [3.8, 4) is 5.75 Å². The lowest BCUT2D eigenvalue weighted by Crippen LogP contribution is -2.40. The number of oxime groups is 1. The summed E-state index contributed by atoms with van der Waals surface area (Å²) in [6, 6.07) is 24.3. The first kappa shape index (κ1) is 23.0. The fourth-order valence-electron chi connectivity index (χ4n) is 3.94. The standard InChI is InChI=1S/C27H29FN2O3/c1-20-9-5-8-14-27(20)32-19-23(31)17-30(16-22-12-6-7-13-25(22)28)18-24-15-26(29-33-24)21-10-3-2-4-11-21/h2-14,23-24,31H,15-19H2,1H3/t23-,24+/m1/s1. The van der Waals surface area contributed by atoms with Crippen LogP contribution in [0.15, 0.2) is 84.0 Å². The van der Waals surface area contributed by atoms with E-state index in [-0.39, 0.29) is 18.5 Å². The largest absolute Gasteiger partial charge is 0.491 e. The maximum Gasteiger partial charge on any atom is 0.145 e.